The number of benzene rings is 1. The van der Waals surface area contributed by atoms with Gasteiger partial charge in [0.25, 0.3) is 11.7 Å². The number of hydrogen-bond acceptors (Lipinski definition) is 5. The quantitative estimate of drug-likeness (QED) is 0.383. The highest BCUT2D eigenvalue weighted by Crippen LogP contribution is 2.41. The molecule has 148 valence electrons. The van der Waals surface area contributed by atoms with Crippen molar-refractivity contribution in [2.75, 3.05) is 6.54 Å². The average Bonchev–Trinajstić information content (AvgIpc) is 3.46. The highest BCUT2D eigenvalue weighted by Gasteiger charge is 2.46. The molecular weight excluding hydrogens is 386 g/mol. The van der Waals surface area contributed by atoms with Crippen molar-refractivity contribution in [1.82, 2.24) is 14.5 Å². The number of thiophene rings is 1. The van der Waals surface area contributed by atoms with Crippen LogP contribution in [0.2, 0.25) is 0 Å². The van der Waals surface area contributed by atoms with Crippen LogP contribution in [0.25, 0.3) is 5.76 Å². The van der Waals surface area contributed by atoms with Crippen molar-refractivity contribution in [3.63, 3.8) is 0 Å². The fraction of sp³-hybridized carbons (Fsp3) is 0.227. The first kappa shape index (κ1) is 19.1. The lowest BCUT2D eigenvalue weighted by atomic mass is 9.99. The van der Waals surface area contributed by atoms with Gasteiger partial charge in [0.05, 0.1) is 17.9 Å². The van der Waals surface area contributed by atoms with Crippen LogP contribution in [0.1, 0.15) is 28.5 Å². The number of imidazole rings is 1. The van der Waals surface area contributed by atoms with E-state index in [0.717, 1.165) is 10.4 Å². The molecule has 0 radical (unpaired) electrons. The van der Waals surface area contributed by atoms with Gasteiger partial charge >= 0.3 is 0 Å². The van der Waals surface area contributed by atoms with Crippen LogP contribution in [0.5, 0.6) is 0 Å². The number of nitrogens with zero attached hydrogens (tertiary/aromatic N) is 3. The van der Waals surface area contributed by atoms with Gasteiger partial charge in [-0.05, 0) is 24.8 Å². The maximum Gasteiger partial charge on any atom is 0.295 e. The number of aromatic nitrogens is 2. The average molecular weight is 407 g/mol. The van der Waals surface area contributed by atoms with Gasteiger partial charge in [0.2, 0.25) is 0 Å². The molecule has 29 heavy (non-hydrogen) atoms. The molecule has 1 atom stereocenters. The van der Waals surface area contributed by atoms with Crippen molar-refractivity contribution >= 4 is 28.8 Å². The van der Waals surface area contributed by atoms with Crippen LogP contribution in [-0.4, -0.2) is 37.8 Å². The second-order valence-corrected chi connectivity index (χ2v) is 8.01. The number of ketones is 1. The molecule has 0 saturated carbocycles. The van der Waals surface area contributed by atoms with Crippen molar-refractivity contribution in [3.8, 4) is 0 Å². The zero-order chi connectivity index (χ0) is 20.4. The Hall–Kier alpha value is -3.19. The van der Waals surface area contributed by atoms with Gasteiger partial charge in [0.15, 0.2) is 0 Å². The van der Waals surface area contributed by atoms with Crippen LogP contribution in [-0.2, 0) is 16.1 Å². The summed E-state index contributed by atoms with van der Waals surface area (Å²) in [6.45, 7) is 3.06. The van der Waals surface area contributed by atoms with E-state index in [-0.39, 0.29) is 11.3 Å². The van der Waals surface area contributed by atoms with Gasteiger partial charge in [0.1, 0.15) is 5.76 Å². The number of amides is 1. The third-order valence-corrected chi connectivity index (χ3v) is 5.98. The zero-order valence-corrected chi connectivity index (χ0v) is 16.8. The Morgan fingerprint density at radius 2 is 1.97 bits per heavy atom. The molecule has 1 fully saturated rings. The van der Waals surface area contributed by atoms with Gasteiger partial charge in [-0.2, -0.15) is 0 Å². The number of aliphatic hydroxyl groups excluding tert-OH is 1. The molecule has 0 bridgehead atoms. The molecule has 3 aromatic rings. The number of aliphatic hydroxyl groups is 1. The minimum absolute atomic E-state index is 0.126. The Bertz CT molecular complexity index is 1040. The van der Waals surface area contributed by atoms with E-state index >= 15 is 0 Å². The SMILES string of the molecule is Cc1ccc(C(O)=C2C(=O)C(=O)N(CCCn3ccnc3)[C@@H]2c2cccs2)cc1. The van der Waals surface area contributed by atoms with Gasteiger partial charge in [-0.3, -0.25) is 9.59 Å². The Morgan fingerprint density at radius 1 is 1.17 bits per heavy atom. The fourth-order valence-corrected chi connectivity index (χ4v) is 4.41. The lowest BCUT2D eigenvalue weighted by Gasteiger charge is -2.24. The van der Waals surface area contributed by atoms with Gasteiger partial charge in [-0.25, -0.2) is 4.98 Å². The highest BCUT2D eigenvalue weighted by atomic mass is 32.1. The summed E-state index contributed by atoms with van der Waals surface area (Å²) in [5.74, 6) is -1.33. The molecule has 6 nitrogen and oxygen atoms in total. The van der Waals surface area contributed by atoms with Crippen molar-refractivity contribution in [1.29, 1.82) is 0 Å². The molecule has 0 aliphatic carbocycles. The largest absolute Gasteiger partial charge is 0.507 e. The predicted molar refractivity (Wildman–Crippen MR) is 111 cm³/mol. The van der Waals surface area contributed by atoms with E-state index < -0.39 is 17.7 Å². The highest BCUT2D eigenvalue weighted by molar-refractivity contribution is 7.10. The summed E-state index contributed by atoms with van der Waals surface area (Å²) in [4.78, 5) is 32.2. The third-order valence-electron chi connectivity index (χ3n) is 5.05. The lowest BCUT2D eigenvalue weighted by Crippen LogP contribution is -2.31. The van der Waals surface area contributed by atoms with Gasteiger partial charge in [0, 0.05) is 35.9 Å². The molecule has 1 saturated heterocycles. The molecule has 1 amide bonds. The van der Waals surface area contributed by atoms with E-state index in [0.29, 0.717) is 25.1 Å². The van der Waals surface area contributed by atoms with Crippen molar-refractivity contribution in [2.45, 2.75) is 25.9 Å². The van der Waals surface area contributed by atoms with Crippen LogP contribution < -0.4 is 0 Å². The van der Waals surface area contributed by atoms with Crippen molar-refractivity contribution in [2.24, 2.45) is 0 Å². The summed E-state index contributed by atoms with van der Waals surface area (Å²) >= 11 is 1.47. The second kappa shape index (κ2) is 8.05. The van der Waals surface area contributed by atoms with Crippen LogP contribution >= 0.6 is 11.3 Å². The standard InChI is InChI=1S/C22H21N3O3S/c1-15-5-7-16(8-6-15)20(26)18-19(17-4-2-13-29-17)25(22(28)21(18)27)11-3-10-24-12-9-23-14-24/h2,4-9,12-14,19,26H,3,10-11H2,1H3/t19-/m1/s1. The Kier molecular flexibility index (Phi) is 5.31. The van der Waals surface area contributed by atoms with Crippen molar-refractivity contribution in [3.05, 3.63) is 82.1 Å². The summed E-state index contributed by atoms with van der Waals surface area (Å²) < 4.78 is 1.93. The molecule has 7 heteroatoms. The van der Waals surface area contributed by atoms with E-state index in [1.54, 1.807) is 29.6 Å². The summed E-state index contributed by atoms with van der Waals surface area (Å²) in [6, 6.07) is 10.5. The Morgan fingerprint density at radius 3 is 2.62 bits per heavy atom. The van der Waals surface area contributed by atoms with Crippen LogP contribution in [0, 0.1) is 6.92 Å². The maximum atomic E-state index is 12.9. The van der Waals surface area contributed by atoms with E-state index in [9.17, 15) is 14.7 Å². The first-order valence-electron chi connectivity index (χ1n) is 9.41. The van der Waals surface area contributed by atoms with E-state index in [4.69, 9.17) is 0 Å². The molecule has 1 aliphatic rings. The van der Waals surface area contributed by atoms with Gasteiger partial charge < -0.3 is 14.6 Å². The summed E-state index contributed by atoms with van der Waals surface area (Å²) in [5, 5.41) is 12.8. The first-order chi connectivity index (χ1) is 14.1. The molecule has 0 spiro atoms. The topological polar surface area (TPSA) is 75.4 Å². The third kappa shape index (κ3) is 3.73. The first-order valence-corrected chi connectivity index (χ1v) is 10.3. The lowest BCUT2D eigenvalue weighted by molar-refractivity contribution is -0.139. The van der Waals surface area contributed by atoms with Crippen molar-refractivity contribution < 1.29 is 14.7 Å². The predicted octanol–water partition coefficient (Wildman–Crippen LogP) is 3.77. The molecular formula is C22H21N3O3S. The molecule has 1 N–H and O–H groups in total. The molecule has 2 aromatic heterocycles. The molecule has 0 unspecified atom stereocenters. The van der Waals surface area contributed by atoms with Crippen LogP contribution in [0.4, 0.5) is 0 Å². The number of aryl methyl sites for hydroxylation is 2. The minimum atomic E-state index is -0.635. The summed E-state index contributed by atoms with van der Waals surface area (Å²) in [6.07, 6.45) is 5.97. The number of carbonyl (C=O) groups excluding carboxylic acids is 2. The number of likely N-dealkylation sites (tertiary alicyclic amines) is 1. The van der Waals surface area contributed by atoms with Gasteiger partial charge in [-0.15, -0.1) is 11.3 Å². The molecule has 1 aromatic carbocycles. The van der Waals surface area contributed by atoms with E-state index in [1.165, 1.54) is 11.3 Å². The second-order valence-electron chi connectivity index (χ2n) is 7.03. The monoisotopic (exact) mass is 407 g/mol. The fourth-order valence-electron chi connectivity index (χ4n) is 3.56. The number of hydrogen-bond donors (Lipinski definition) is 1. The zero-order valence-electron chi connectivity index (χ0n) is 16.0. The smallest absolute Gasteiger partial charge is 0.295 e. The summed E-state index contributed by atoms with van der Waals surface area (Å²) in [5.41, 5.74) is 1.74. The van der Waals surface area contributed by atoms with E-state index in [2.05, 4.69) is 4.98 Å². The Labute approximate surface area is 172 Å². The number of rotatable bonds is 6. The van der Waals surface area contributed by atoms with Crippen LogP contribution in [0.3, 0.4) is 0 Å². The van der Waals surface area contributed by atoms with E-state index in [1.807, 2.05) is 47.3 Å². The normalized spacial score (nSPS) is 18.5. The maximum absolute atomic E-state index is 12.9. The van der Waals surface area contributed by atoms with Gasteiger partial charge in [-0.1, -0.05) is 35.9 Å². The minimum Gasteiger partial charge on any atom is -0.507 e. The van der Waals surface area contributed by atoms with Crippen LogP contribution in [0.15, 0.2) is 66.1 Å². The number of carbonyl (C=O) groups is 2. The molecule has 4 rings (SSSR count). The number of Topliss-reactive ketones (excluding diaryl/α,β-unsaturated/α-hetero) is 1. The molecule has 1 aliphatic heterocycles. The summed E-state index contributed by atoms with van der Waals surface area (Å²) in [7, 11) is 0. The Balaban J connectivity index is 1.68. The molecule has 3 heterocycles.